The van der Waals surface area contributed by atoms with Gasteiger partial charge in [0.2, 0.25) is 12.3 Å². The van der Waals surface area contributed by atoms with Crippen molar-refractivity contribution in [3.05, 3.63) is 199 Å². The van der Waals surface area contributed by atoms with Gasteiger partial charge in [-0.25, -0.2) is 87.8 Å². The van der Waals surface area contributed by atoms with Crippen molar-refractivity contribution in [2.45, 2.75) is 6.54 Å². The molecular weight excluding hydrogens is 959 g/mol. The minimum Gasteiger partial charge on any atom is -0.287 e. The van der Waals surface area contributed by atoms with Crippen molar-refractivity contribution in [1.82, 2.24) is 0 Å². The van der Waals surface area contributed by atoms with Crippen LogP contribution >= 0.6 is 0 Å². The molecule has 0 saturated carbocycles. The van der Waals surface area contributed by atoms with Crippen LogP contribution in [0.3, 0.4) is 0 Å². The Kier molecular flexibility index (Phi) is 13.2. The van der Waals surface area contributed by atoms with Gasteiger partial charge in [-0.15, -0.1) is 26.4 Å². The molecule has 7 rings (SSSR count). The number of Topliss-reactive ketones (excluding diaryl/α,β-unsaturated/α-hetero) is 1. The number of nitrogens with zero attached hydrogens (tertiary/aromatic N) is 2. The van der Waals surface area contributed by atoms with E-state index >= 15 is 35.1 Å². The molecule has 0 amide bonds. The van der Waals surface area contributed by atoms with Crippen LogP contribution in [0, 0.1) is 126 Å². The van der Waals surface area contributed by atoms with Gasteiger partial charge in [-0.2, -0.15) is 0 Å². The third-order valence-electron chi connectivity index (χ3n) is 10.2. The fourth-order valence-electron chi connectivity index (χ4n) is 7.24. The van der Waals surface area contributed by atoms with E-state index in [1.807, 2.05) is 30.3 Å². The average molecular weight is 972 g/mol. The number of pyridine rings is 1. The number of halogens is 20. The molecule has 348 valence electrons. The van der Waals surface area contributed by atoms with Crippen LogP contribution in [0.4, 0.5) is 93.6 Å². The zero-order valence-electron chi connectivity index (χ0n) is 31.8. The Bertz CT molecular complexity index is 2850. The molecule has 67 heavy (non-hydrogen) atoms. The largest absolute Gasteiger partial charge is 0.502 e. The molecule has 0 spiro atoms. The maximum atomic E-state index is 15.4. The van der Waals surface area contributed by atoms with Gasteiger partial charge in [0.05, 0.1) is 6.07 Å². The van der Waals surface area contributed by atoms with E-state index in [1.165, 1.54) is 10.6 Å². The molecule has 26 heteroatoms. The Morgan fingerprint density at radius 2 is 0.687 bits per heavy atom. The maximum absolute atomic E-state index is 15.4. The molecule has 0 unspecified atom stereocenters. The molecule has 0 saturated heterocycles. The van der Waals surface area contributed by atoms with Crippen molar-refractivity contribution in [2.75, 3.05) is 0 Å². The second-order valence-corrected chi connectivity index (χ2v) is 13.7. The summed E-state index contributed by atoms with van der Waals surface area (Å²) >= 11 is 0. The van der Waals surface area contributed by atoms with Crippen LogP contribution in [0.25, 0.3) is 10.8 Å². The highest BCUT2D eigenvalue weighted by atomic mass is 19.2. The van der Waals surface area contributed by atoms with E-state index in [0.717, 1.165) is 10.8 Å². The van der Waals surface area contributed by atoms with E-state index in [4.69, 9.17) is 0 Å². The van der Waals surface area contributed by atoms with Crippen molar-refractivity contribution >= 4 is 50.4 Å². The van der Waals surface area contributed by atoms with Crippen molar-refractivity contribution in [3.8, 4) is 0 Å². The van der Waals surface area contributed by atoms with Gasteiger partial charge in [0, 0.05) is 16.3 Å². The summed E-state index contributed by atoms with van der Waals surface area (Å²) in [5.41, 5.74) is -13.8. The molecule has 0 atom stereocenters. The molecule has 7 aromatic rings. The molecule has 0 radical (unpaired) electrons. The minimum atomic E-state index is -7.22. The lowest BCUT2D eigenvalue weighted by Crippen LogP contribution is -2.81. The van der Waals surface area contributed by atoms with Crippen LogP contribution in [0.15, 0.2) is 66.9 Å². The lowest BCUT2D eigenvalue weighted by Gasteiger charge is -2.44. The van der Waals surface area contributed by atoms with Gasteiger partial charge >= 0.3 is 5.82 Å². The van der Waals surface area contributed by atoms with Crippen molar-refractivity contribution in [3.63, 3.8) is 0 Å². The summed E-state index contributed by atoms with van der Waals surface area (Å²) in [6.45, 7) is -0.0643. The highest BCUT2D eigenvalue weighted by Crippen LogP contribution is 2.31. The van der Waals surface area contributed by atoms with Crippen LogP contribution < -0.4 is 26.4 Å². The topological polar surface area (TPSA) is 64.1 Å². The monoisotopic (exact) mass is 972 g/mol. The Morgan fingerprint density at radius 1 is 0.418 bits per heavy atom. The first kappa shape index (κ1) is 48.9. The fraction of sp³-hybridized carbons (Fsp3) is 0.0244. The fourth-order valence-corrected chi connectivity index (χ4v) is 7.24. The summed E-state index contributed by atoms with van der Waals surface area (Å²) in [4.78, 5) is 23.1. The zero-order chi connectivity index (χ0) is 49.9. The summed E-state index contributed by atoms with van der Waals surface area (Å²) in [5, 5.41) is 12.9. The summed E-state index contributed by atoms with van der Waals surface area (Å²) in [6, 6.07) is 17.6. The molecule has 0 aliphatic carbocycles. The number of fused-ring (bicyclic) bond motifs is 1. The summed E-state index contributed by atoms with van der Waals surface area (Å²) in [5.74, 6) is -71.7. The average Bonchev–Trinajstić information content (AvgIpc) is 3.31. The van der Waals surface area contributed by atoms with Crippen LogP contribution in [-0.4, -0.2) is 16.9 Å². The van der Waals surface area contributed by atoms with Crippen molar-refractivity contribution < 1.29 is 102 Å². The van der Waals surface area contributed by atoms with E-state index in [0.29, 0.717) is 5.56 Å². The molecular formula is C41H13BF20N2O3. The van der Waals surface area contributed by atoms with Crippen molar-refractivity contribution in [2.24, 2.45) is 0 Å². The highest BCUT2D eigenvalue weighted by Gasteiger charge is 2.52. The number of rotatable bonds is 8. The van der Waals surface area contributed by atoms with Gasteiger partial charge in [-0.3, -0.25) is 14.9 Å². The van der Waals surface area contributed by atoms with Gasteiger partial charge in [0.1, 0.15) is 57.6 Å². The number of nitro groups is 1. The molecule has 0 bridgehead atoms. The van der Waals surface area contributed by atoms with Crippen LogP contribution in [0.1, 0.15) is 10.4 Å². The van der Waals surface area contributed by atoms with E-state index in [9.17, 15) is 67.6 Å². The molecule has 1 aromatic heterocycles. The van der Waals surface area contributed by atoms with Gasteiger partial charge < -0.3 is 0 Å². The molecule has 0 N–H and O–H groups in total. The van der Waals surface area contributed by atoms with Gasteiger partial charge in [-0.05, 0) is 6.07 Å². The van der Waals surface area contributed by atoms with Crippen LogP contribution in [0.2, 0.25) is 0 Å². The predicted molar refractivity (Wildman–Crippen MR) is 191 cm³/mol. The normalized spacial score (nSPS) is 11.5. The summed E-state index contributed by atoms with van der Waals surface area (Å²) in [7, 11) is 0. The second kappa shape index (κ2) is 18.0. The number of aromatic nitrogens is 1. The first-order valence-electron chi connectivity index (χ1n) is 17.7. The molecule has 0 aliphatic heterocycles. The number of hydrogen-bond donors (Lipinski definition) is 0. The Hall–Kier alpha value is -7.54. The van der Waals surface area contributed by atoms with E-state index in [1.54, 1.807) is 30.5 Å². The number of ketones is 1. The lowest BCUT2D eigenvalue weighted by atomic mass is 9.12. The van der Waals surface area contributed by atoms with E-state index < -0.39 is 149 Å². The first-order valence-corrected chi connectivity index (χ1v) is 17.7. The zero-order valence-corrected chi connectivity index (χ0v) is 31.8. The maximum Gasteiger partial charge on any atom is 0.502 e. The van der Waals surface area contributed by atoms with Crippen LogP contribution in [-0.2, 0) is 6.54 Å². The molecule has 6 aromatic carbocycles. The number of hydrogen-bond acceptors (Lipinski definition) is 3. The molecule has 1 heterocycles. The SMILES string of the molecule is Fc1c(F)c(F)c([B-](c2c(F)c(F)c(F)c(F)c2F)(c2c(F)c(F)c(F)c(F)c2F)c2c(F)c(F)c(F)c(F)c2F)c(F)c1F.O=C(C[n+]1cc2ccccc2cc1[N+](=O)[O-])c1ccccc1. The Balaban J connectivity index is 0.000000279. The molecule has 0 fully saturated rings. The second-order valence-electron chi connectivity index (χ2n) is 13.7. The van der Waals surface area contributed by atoms with Crippen LogP contribution in [0.5, 0.6) is 0 Å². The van der Waals surface area contributed by atoms with E-state index in [-0.39, 0.29) is 18.1 Å². The predicted octanol–water partition coefficient (Wildman–Crippen LogP) is 8.76. The quantitative estimate of drug-likeness (QED) is 0.0224. The number of carbonyl (C=O) groups is 1. The Labute approximate surface area is 357 Å². The molecule has 5 nitrogen and oxygen atoms in total. The summed E-state index contributed by atoms with van der Waals surface area (Å²) in [6.07, 6.45) is -5.57. The first-order chi connectivity index (χ1) is 31.3. The van der Waals surface area contributed by atoms with E-state index in [2.05, 4.69) is 0 Å². The standard InChI is InChI=1S/C24BF20.C17H13N2O3/c26-5-1(6(27)14(35)21(42)13(5)34)25(2-7(28)15(36)22(43)16(37)8(2)29,3-9(30)17(38)23(44)18(39)10(3)31)4-11(32)19(40)24(45)20(41)12(4)33;20-16(13-6-2-1-3-7-13)12-18-11-15-9-5-4-8-14(15)10-17(18)19(21)22/h;1-11H,12H2/q-1;+1. The minimum absolute atomic E-state index is 0.0643. The molecule has 0 aliphatic rings. The summed E-state index contributed by atoms with van der Waals surface area (Å²) < 4.78 is 295. The Morgan fingerprint density at radius 3 is 0.985 bits per heavy atom. The van der Waals surface area contributed by atoms with Gasteiger partial charge in [0.15, 0.2) is 76.0 Å². The number of benzene rings is 6. The smallest absolute Gasteiger partial charge is 0.287 e. The third-order valence-corrected chi connectivity index (χ3v) is 10.2. The third kappa shape index (κ3) is 7.71. The van der Waals surface area contributed by atoms with Crippen molar-refractivity contribution in [1.29, 1.82) is 0 Å². The van der Waals surface area contributed by atoms with Gasteiger partial charge in [-0.1, -0.05) is 48.5 Å². The number of carbonyl (C=O) groups excluding carboxylic acids is 1. The van der Waals surface area contributed by atoms with Gasteiger partial charge in [0.25, 0.3) is 0 Å². The lowest BCUT2D eigenvalue weighted by molar-refractivity contribution is -0.724. The highest BCUT2D eigenvalue weighted by molar-refractivity contribution is 7.20.